The van der Waals surface area contributed by atoms with Crippen molar-refractivity contribution in [1.82, 2.24) is 9.66 Å². The number of halogens is 1. The predicted octanol–water partition coefficient (Wildman–Crippen LogP) is 6.64. The van der Waals surface area contributed by atoms with Crippen molar-refractivity contribution in [3.8, 4) is 5.75 Å². The second-order valence-corrected chi connectivity index (χ2v) is 10.5. The Morgan fingerprint density at radius 1 is 1.05 bits per heavy atom. The van der Waals surface area contributed by atoms with Gasteiger partial charge in [-0.3, -0.25) is 9.59 Å². The van der Waals surface area contributed by atoms with Crippen LogP contribution in [0.2, 0.25) is 0 Å². The summed E-state index contributed by atoms with van der Waals surface area (Å²) in [5.74, 6) is 0.701. The maximum absolute atomic E-state index is 13.5. The molecule has 1 heterocycles. The third-order valence-electron chi connectivity index (χ3n) is 6.28. The van der Waals surface area contributed by atoms with Crippen LogP contribution in [-0.2, 0) is 4.79 Å². The number of hydrogen-bond acceptors (Lipinski definition) is 5. The molecule has 0 aliphatic rings. The number of benzene rings is 4. The van der Waals surface area contributed by atoms with Crippen LogP contribution in [-0.4, -0.2) is 28.4 Å². The fraction of sp³-hybridized carbons (Fsp3) is 0.161. The molecule has 1 amide bonds. The van der Waals surface area contributed by atoms with Crippen LogP contribution in [0.3, 0.4) is 0 Å². The van der Waals surface area contributed by atoms with E-state index in [1.54, 1.807) is 12.3 Å². The van der Waals surface area contributed by atoms with Gasteiger partial charge in [-0.2, -0.15) is 9.78 Å². The van der Waals surface area contributed by atoms with Crippen molar-refractivity contribution < 1.29 is 9.53 Å². The van der Waals surface area contributed by atoms with Crippen molar-refractivity contribution >= 4 is 55.4 Å². The summed E-state index contributed by atoms with van der Waals surface area (Å²) < 4.78 is 8.10. The lowest BCUT2D eigenvalue weighted by molar-refractivity contribution is -0.118. The maximum atomic E-state index is 13.5. The van der Waals surface area contributed by atoms with Crippen LogP contribution >= 0.6 is 15.9 Å². The van der Waals surface area contributed by atoms with E-state index in [1.807, 2.05) is 93.6 Å². The monoisotopic (exact) mass is 582 g/mol. The number of aryl methyl sites for hydroxylation is 1. The third kappa shape index (κ3) is 5.76. The molecule has 0 radical (unpaired) electrons. The van der Waals surface area contributed by atoms with Gasteiger partial charge in [0.2, 0.25) is 0 Å². The SMILES string of the molecule is Cc1ccc(NC(=O)COc2ccc3ccccc3c2C=Nn2c(C(C)C)nc3ccc(Br)cc3c2=O)cc1. The number of anilines is 1. The van der Waals surface area contributed by atoms with Gasteiger partial charge in [0.05, 0.1) is 17.1 Å². The number of rotatable bonds is 7. The summed E-state index contributed by atoms with van der Waals surface area (Å²) in [7, 11) is 0. The summed E-state index contributed by atoms with van der Waals surface area (Å²) in [4.78, 5) is 30.8. The molecule has 0 spiro atoms. The zero-order chi connectivity index (χ0) is 27.5. The predicted molar refractivity (Wildman–Crippen MR) is 160 cm³/mol. The molecule has 5 rings (SSSR count). The van der Waals surface area contributed by atoms with Crippen molar-refractivity contribution in [1.29, 1.82) is 0 Å². The Hall–Kier alpha value is -4.30. The normalized spacial score (nSPS) is 11.5. The molecule has 4 aromatic carbocycles. The smallest absolute Gasteiger partial charge is 0.282 e. The van der Waals surface area contributed by atoms with Crippen LogP contribution in [0.25, 0.3) is 21.7 Å². The van der Waals surface area contributed by atoms with Gasteiger partial charge in [-0.05, 0) is 54.1 Å². The van der Waals surface area contributed by atoms with Crippen LogP contribution in [0.15, 0.2) is 93.2 Å². The molecule has 7 nitrogen and oxygen atoms in total. The lowest BCUT2D eigenvalue weighted by Crippen LogP contribution is -2.23. The van der Waals surface area contributed by atoms with E-state index in [-0.39, 0.29) is 24.0 Å². The number of fused-ring (bicyclic) bond motifs is 2. The third-order valence-corrected chi connectivity index (χ3v) is 6.77. The zero-order valence-electron chi connectivity index (χ0n) is 21.8. The fourth-order valence-electron chi connectivity index (χ4n) is 4.28. The van der Waals surface area contributed by atoms with Gasteiger partial charge in [0.1, 0.15) is 11.6 Å². The van der Waals surface area contributed by atoms with Gasteiger partial charge < -0.3 is 10.1 Å². The molecule has 0 saturated heterocycles. The molecule has 0 atom stereocenters. The Morgan fingerprint density at radius 3 is 2.59 bits per heavy atom. The summed E-state index contributed by atoms with van der Waals surface area (Å²) in [6.07, 6.45) is 1.61. The fourth-order valence-corrected chi connectivity index (χ4v) is 4.64. The molecule has 0 aliphatic carbocycles. The van der Waals surface area contributed by atoms with Gasteiger partial charge in [0.25, 0.3) is 11.5 Å². The second-order valence-electron chi connectivity index (χ2n) is 9.55. The Balaban J connectivity index is 1.52. The molecular formula is C31H27BrN4O3. The molecule has 5 aromatic rings. The lowest BCUT2D eigenvalue weighted by Gasteiger charge is -2.14. The minimum absolute atomic E-state index is 0.0448. The number of nitrogens with zero attached hydrogens (tertiary/aromatic N) is 3. The molecule has 0 saturated carbocycles. The summed E-state index contributed by atoms with van der Waals surface area (Å²) in [6.45, 7) is 5.74. The lowest BCUT2D eigenvalue weighted by atomic mass is 10.0. The van der Waals surface area contributed by atoms with Crippen LogP contribution in [0.5, 0.6) is 5.75 Å². The molecule has 0 fully saturated rings. The van der Waals surface area contributed by atoms with Gasteiger partial charge in [0.15, 0.2) is 6.61 Å². The summed E-state index contributed by atoms with van der Waals surface area (Å²) in [5.41, 5.74) is 2.82. The average molecular weight is 583 g/mol. The average Bonchev–Trinajstić information content (AvgIpc) is 2.93. The first-order chi connectivity index (χ1) is 18.8. The molecule has 0 unspecified atom stereocenters. The number of nitrogens with one attached hydrogen (secondary N) is 1. The van der Waals surface area contributed by atoms with Gasteiger partial charge in [0, 0.05) is 21.6 Å². The maximum Gasteiger partial charge on any atom is 0.282 e. The number of carbonyl (C=O) groups is 1. The van der Waals surface area contributed by atoms with Crippen LogP contribution in [0, 0.1) is 6.92 Å². The standard InChI is InChI=1S/C31H27BrN4O3/c1-19(2)30-35-27-14-11-22(32)16-25(27)31(38)36(30)33-17-26-24-7-5-4-6-21(24)10-15-28(26)39-18-29(37)34-23-12-8-20(3)9-13-23/h4-17,19H,18H2,1-3H3,(H,34,37). The van der Waals surface area contributed by atoms with Crippen molar-refractivity contribution in [2.45, 2.75) is 26.7 Å². The van der Waals surface area contributed by atoms with Crippen molar-refractivity contribution in [2.75, 3.05) is 11.9 Å². The zero-order valence-corrected chi connectivity index (χ0v) is 23.4. The van der Waals surface area contributed by atoms with E-state index in [4.69, 9.17) is 9.72 Å². The molecule has 196 valence electrons. The van der Waals surface area contributed by atoms with Gasteiger partial charge in [-0.15, -0.1) is 0 Å². The topological polar surface area (TPSA) is 85.6 Å². The Bertz CT molecular complexity index is 1780. The molecule has 8 heteroatoms. The van der Waals surface area contributed by atoms with Crippen molar-refractivity contribution in [3.05, 3.63) is 111 Å². The highest BCUT2D eigenvalue weighted by Crippen LogP contribution is 2.27. The number of amides is 1. The van der Waals surface area contributed by atoms with E-state index in [1.165, 1.54) is 4.68 Å². The van der Waals surface area contributed by atoms with E-state index in [0.29, 0.717) is 33.7 Å². The molecule has 1 aromatic heterocycles. The Labute approximate surface area is 234 Å². The van der Waals surface area contributed by atoms with E-state index in [9.17, 15) is 9.59 Å². The number of aromatic nitrogens is 2. The first-order valence-electron chi connectivity index (χ1n) is 12.6. The highest BCUT2D eigenvalue weighted by atomic mass is 79.9. The number of ether oxygens (including phenoxy) is 1. The molecule has 39 heavy (non-hydrogen) atoms. The molecule has 0 aliphatic heterocycles. The van der Waals surface area contributed by atoms with Gasteiger partial charge in [-0.25, -0.2) is 4.98 Å². The van der Waals surface area contributed by atoms with E-state index < -0.39 is 0 Å². The Morgan fingerprint density at radius 2 is 1.82 bits per heavy atom. The number of hydrogen-bond donors (Lipinski definition) is 1. The van der Waals surface area contributed by atoms with Gasteiger partial charge >= 0.3 is 0 Å². The van der Waals surface area contributed by atoms with Crippen molar-refractivity contribution in [2.24, 2.45) is 5.10 Å². The molecule has 0 bridgehead atoms. The van der Waals surface area contributed by atoms with Crippen molar-refractivity contribution in [3.63, 3.8) is 0 Å². The molecule has 1 N–H and O–H groups in total. The molecular weight excluding hydrogens is 556 g/mol. The Kier molecular flexibility index (Phi) is 7.56. The van der Waals surface area contributed by atoms with E-state index in [2.05, 4.69) is 26.3 Å². The van der Waals surface area contributed by atoms with Gasteiger partial charge in [-0.1, -0.05) is 77.8 Å². The van der Waals surface area contributed by atoms with Crippen LogP contribution in [0.4, 0.5) is 5.69 Å². The largest absolute Gasteiger partial charge is 0.483 e. The van der Waals surface area contributed by atoms with E-state index in [0.717, 1.165) is 20.8 Å². The second kappa shape index (κ2) is 11.2. The first-order valence-corrected chi connectivity index (χ1v) is 13.4. The highest BCUT2D eigenvalue weighted by molar-refractivity contribution is 9.10. The quantitative estimate of drug-likeness (QED) is 0.218. The first kappa shape index (κ1) is 26.3. The highest BCUT2D eigenvalue weighted by Gasteiger charge is 2.15. The summed E-state index contributed by atoms with van der Waals surface area (Å²) in [5, 5.41) is 9.79. The van der Waals surface area contributed by atoms with Crippen LogP contribution in [0.1, 0.15) is 36.7 Å². The van der Waals surface area contributed by atoms with E-state index >= 15 is 0 Å². The minimum atomic E-state index is -0.280. The number of carbonyl (C=O) groups excluding carboxylic acids is 1. The summed E-state index contributed by atoms with van der Waals surface area (Å²) >= 11 is 3.44. The minimum Gasteiger partial charge on any atom is -0.483 e. The summed E-state index contributed by atoms with van der Waals surface area (Å²) in [6, 6.07) is 24.6. The van der Waals surface area contributed by atoms with Crippen LogP contribution < -0.4 is 15.6 Å².